The fourth-order valence-corrected chi connectivity index (χ4v) is 4.07. The van der Waals surface area contributed by atoms with Gasteiger partial charge in [0.05, 0.1) is 5.02 Å². The van der Waals surface area contributed by atoms with E-state index in [2.05, 4.69) is 29.6 Å². The highest BCUT2D eigenvalue weighted by molar-refractivity contribution is 6.32. The average Bonchev–Trinajstić information content (AvgIpc) is 2.67. The quantitative estimate of drug-likeness (QED) is 0.778. The third kappa shape index (κ3) is 2.14. The minimum atomic E-state index is 0.194. The van der Waals surface area contributed by atoms with E-state index >= 15 is 0 Å². The Bertz CT molecular complexity index is 698. The van der Waals surface area contributed by atoms with Crippen LogP contribution in [0.2, 0.25) is 5.02 Å². The lowest BCUT2D eigenvalue weighted by Crippen LogP contribution is -2.38. The summed E-state index contributed by atoms with van der Waals surface area (Å²) in [6.45, 7) is 0.970. The van der Waals surface area contributed by atoms with Gasteiger partial charge in [0.15, 0.2) is 0 Å². The van der Waals surface area contributed by atoms with Crippen LogP contribution in [0.5, 0.6) is 5.75 Å². The van der Waals surface area contributed by atoms with Crippen molar-refractivity contribution in [3.63, 3.8) is 0 Å². The van der Waals surface area contributed by atoms with Gasteiger partial charge in [0, 0.05) is 12.0 Å². The predicted molar refractivity (Wildman–Crippen MR) is 85.2 cm³/mol. The van der Waals surface area contributed by atoms with Gasteiger partial charge in [-0.15, -0.1) is 0 Å². The molecular formula is C18H18ClNO. The van der Waals surface area contributed by atoms with Crippen molar-refractivity contribution in [2.24, 2.45) is 0 Å². The number of benzene rings is 2. The molecule has 21 heavy (non-hydrogen) atoms. The van der Waals surface area contributed by atoms with Gasteiger partial charge in [-0.05, 0) is 60.2 Å². The molecule has 0 aromatic heterocycles. The Labute approximate surface area is 129 Å². The van der Waals surface area contributed by atoms with Crippen LogP contribution in [0.15, 0.2) is 36.4 Å². The maximum atomic E-state index is 10.1. The number of rotatable bonds is 0. The van der Waals surface area contributed by atoms with Crippen LogP contribution in [0.1, 0.15) is 34.6 Å². The molecule has 2 aromatic rings. The first-order valence-electron chi connectivity index (χ1n) is 7.56. The van der Waals surface area contributed by atoms with Crippen molar-refractivity contribution >= 4 is 11.6 Å². The average molecular weight is 300 g/mol. The van der Waals surface area contributed by atoms with Gasteiger partial charge in [0.25, 0.3) is 0 Å². The Kier molecular flexibility index (Phi) is 3.16. The highest BCUT2D eigenvalue weighted by Gasteiger charge is 2.33. The summed E-state index contributed by atoms with van der Waals surface area (Å²) in [5.74, 6) is 0.509. The first-order valence-corrected chi connectivity index (χ1v) is 7.94. The molecule has 0 spiro atoms. The van der Waals surface area contributed by atoms with Crippen LogP contribution in [0.25, 0.3) is 0 Å². The molecule has 2 aliphatic rings. The molecule has 3 heteroatoms. The number of phenolic OH excluding ortho intramolecular Hbond substituents is 1. The number of hydrogen-bond acceptors (Lipinski definition) is 2. The normalized spacial score (nSPS) is 23.7. The fourth-order valence-electron chi connectivity index (χ4n) is 3.88. The molecular weight excluding hydrogens is 282 g/mol. The van der Waals surface area contributed by atoms with Gasteiger partial charge in [-0.1, -0.05) is 35.9 Å². The highest BCUT2D eigenvalue weighted by Crippen LogP contribution is 2.42. The van der Waals surface area contributed by atoms with E-state index in [1.807, 2.05) is 12.1 Å². The van der Waals surface area contributed by atoms with E-state index in [9.17, 15) is 5.11 Å². The van der Waals surface area contributed by atoms with Crippen molar-refractivity contribution < 1.29 is 5.11 Å². The van der Waals surface area contributed by atoms with E-state index in [-0.39, 0.29) is 5.75 Å². The lowest BCUT2D eigenvalue weighted by atomic mass is 9.75. The Morgan fingerprint density at radius 1 is 1.05 bits per heavy atom. The molecule has 2 atom stereocenters. The van der Waals surface area contributed by atoms with E-state index in [1.165, 1.54) is 22.3 Å². The van der Waals surface area contributed by atoms with Crippen LogP contribution in [-0.2, 0) is 12.8 Å². The van der Waals surface area contributed by atoms with Crippen LogP contribution in [0.3, 0.4) is 0 Å². The van der Waals surface area contributed by atoms with Crippen molar-refractivity contribution in [3.8, 4) is 5.75 Å². The van der Waals surface area contributed by atoms with E-state index in [0.29, 0.717) is 17.0 Å². The van der Waals surface area contributed by atoms with Gasteiger partial charge < -0.3 is 10.4 Å². The molecule has 4 rings (SSSR count). The van der Waals surface area contributed by atoms with Crippen LogP contribution in [0.4, 0.5) is 0 Å². The van der Waals surface area contributed by atoms with Crippen LogP contribution >= 0.6 is 11.6 Å². The Morgan fingerprint density at radius 2 is 1.90 bits per heavy atom. The van der Waals surface area contributed by atoms with E-state index < -0.39 is 0 Å². The summed E-state index contributed by atoms with van der Waals surface area (Å²) in [7, 11) is 0. The van der Waals surface area contributed by atoms with Crippen molar-refractivity contribution in [1.82, 2.24) is 5.32 Å². The summed E-state index contributed by atoms with van der Waals surface area (Å²) >= 11 is 6.10. The summed E-state index contributed by atoms with van der Waals surface area (Å²) in [6.07, 6.45) is 3.23. The zero-order valence-corrected chi connectivity index (χ0v) is 12.5. The summed E-state index contributed by atoms with van der Waals surface area (Å²) in [4.78, 5) is 0. The number of hydrogen-bond donors (Lipinski definition) is 2. The summed E-state index contributed by atoms with van der Waals surface area (Å²) in [5.41, 5.74) is 5.32. The third-order valence-electron chi connectivity index (χ3n) is 4.86. The van der Waals surface area contributed by atoms with Crippen molar-refractivity contribution in [1.29, 1.82) is 0 Å². The number of phenols is 1. The largest absolute Gasteiger partial charge is 0.506 e. The molecule has 108 valence electrons. The maximum Gasteiger partial charge on any atom is 0.134 e. The number of aromatic hydroxyl groups is 1. The molecule has 0 bridgehead atoms. The molecule has 1 aliphatic heterocycles. The van der Waals surface area contributed by atoms with Crippen LogP contribution in [-0.4, -0.2) is 17.7 Å². The molecule has 0 amide bonds. The van der Waals surface area contributed by atoms with Gasteiger partial charge in [-0.25, -0.2) is 0 Å². The third-order valence-corrected chi connectivity index (χ3v) is 5.16. The van der Waals surface area contributed by atoms with Gasteiger partial charge in [0.1, 0.15) is 5.75 Å². The first kappa shape index (κ1) is 13.2. The maximum absolute atomic E-state index is 10.1. The first-order chi connectivity index (χ1) is 10.2. The second kappa shape index (κ2) is 5.04. The predicted octanol–water partition coefficient (Wildman–Crippen LogP) is 3.64. The topological polar surface area (TPSA) is 32.3 Å². The lowest BCUT2D eigenvalue weighted by molar-refractivity contribution is 0.432. The number of fused-ring (bicyclic) bond motifs is 5. The zero-order chi connectivity index (χ0) is 14.4. The van der Waals surface area contributed by atoms with Gasteiger partial charge in [-0.3, -0.25) is 0 Å². The van der Waals surface area contributed by atoms with Crippen molar-refractivity contribution in [3.05, 3.63) is 63.7 Å². The molecule has 1 aliphatic carbocycles. The van der Waals surface area contributed by atoms with Crippen LogP contribution in [0, 0.1) is 0 Å². The molecule has 2 aromatic carbocycles. The smallest absolute Gasteiger partial charge is 0.134 e. The van der Waals surface area contributed by atoms with Crippen molar-refractivity contribution in [2.45, 2.75) is 31.2 Å². The second-order valence-electron chi connectivity index (χ2n) is 6.03. The standard InChI is InChI=1S/C18H18ClNO/c19-15-9-12-7-8-20-16-6-5-11-3-1-2-4-13(11)18(16)14(12)10-17(15)21/h1-4,9-10,16,18,20-21H,5-8H2/t16-,18+/m0/s1. The van der Waals surface area contributed by atoms with Crippen LogP contribution < -0.4 is 5.32 Å². The van der Waals surface area contributed by atoms with E-state index in [0.717, 1.165) is 25.8 Å². The minimum absolute atomic E-state index is 0.194. The fraction of sp³-hybridized carbons (Fsp3) is 0.333. The summed E-state index contributed by atoms with van der Waals surface area (Å²) < 4.78 is 0. The molecule has 0 radical (unpaired) electrons. The molecule has 0 unspecified atom stereocenters. The monoisotopic (exact) mass is 299 g/mol. The summed E-state index contributed by atoms with van der Waals surface area (Å²) in [5, 5.41) is 14.2. The SMILES string of the molecule is Oc1cc2c(cc1Cl)CCN[C@H]1CCc3ccccc3[C@H]21. The van der Waals surface area contributed by atoms with Crippen molar-refractivity contribution in [2.75, 3.05) is 6.54 Å². The van der Waals surface area contributed by atoms with Gasteiger partial charge in [-0.2, -0.15) is 0 Å². The number of aryl methyl sites for hydroxylation is 1. The van der Waals surface area contributed by atoms with Gasteiger partial charge >= 0.3 is 0 Å². The molecule has 0 saturated heterocycles. The Balaban J connectivity index is 1.93. The van der Waals surface area contributed by atoms with Gasteiger partial charge in [0.2, 0.25) is 0 Å². The zero-order valence-electron chi connectivity index (χ0n) is 11.8. The minimum Gasteiger partial charge on any atom is -0.506 e. The molecule has 0 saturated carbocycles. The Hall–Kier alpha value is -1.51. The number of halogens is 1. The lowest BCUT2D eigenvalue weighted by Gasteiger charge is -2.34. The summed E-state index contributed by atoms with van der Waals surface area (Å²) in [6, 6.07) is 12.9. The Morgan fingerprint density at radius 3 is 2.81 bits per heavy atom. The molecule has 2 N–H and O–H groups in total. The molecule has 0 fully saturated rings. The number of nitrogens with one attached hydrogen (secondary N) is 1. The second-order valence-corrected chi connectivity index (χ2v) is 6.44. The molecule has 2 nitrogen and oxygen atoms in total. The van der Waals surface area contributed by atoms with E-state index in [1.54, 1.807) is 0 Å². The molecule has 1 heterocycles. The highest BCUT2D eigenvalue weighted by atomic mass is 35.5. The van der Waals surface area contributed by atoms with E-state index in [4.69, 9.17) is 11.6 Å².